The maximum Gasteiger partial charge on any atom is 0.225 e. The predicted molar refractivity (Wildman–Crippen MR) is 76.8 cm³/mol. The molecule has 2 aromatic heterocycles. The number of aryl methyl sites for hydroxylation is 1. The molecule has 98 valence electrons. The zero-order valence-electron chi connectivity index (χ0n) is 10.5. The number of aromatic nitrogens is 2. The van der Waals surface area contributed by atoms with Gasteiger partial charge in [-0.3, -0.25) is 0 Å². The summed E-state index contributed by atoms with van der Waals surface area (Å²) in [6.07, 6.45) is 0.997. The summed E-state index contributed by atoms with van der Waals surface area (Å²) in [5.74, 6) is 0.792. The monoisotopic (exact) mass is 285 g/mol. The summed E-state index contributed by atoms with van der Waals surface area (Å²) in [6.45, 7) is 6.20. The van der Waals surface area contributed by atoms with E-state index in [-0.39, 0.29) is 5.28 Å². The molecule has 0 amide bonds. The SMILES string of the molecule is CCOCCNc1nc(Cl)nc2sc(CC)cc12. The van der Waals surface area contributed by atoms with Crippen molar-refractivity contribution in [2.75, 3.05) is 25.1 Å². The van der Waals surface area contributed by atoms with Gasteiger partial charge in [-0.2, -0.15) is 0 Å². The van der Waals surface area contributed by atoms with Crippen LogP contribution in [-0.4, -0.2) is 29.7 Å². The number of nitrogens with one attached hydrogen (secondary N) is 1. The average Bonchev–Trinajstić information content (AvgIpc) is 2.77. The lowest BCUT2D eigenvalue weighted by Gasteiger charge is -2.06. The molecule has 0 radical (unpaired) electrons. The number of halogens is 1. The molecule has 0 atom stereocenters. The van der Waals surface area contributed by atoms with Crippen molar-refractivity contribution in [2.24, 2.45) is 0 Å². The minimum absolute atomic E-state index is 0.283. The van der Waals surface area contributed by atoms with Gasteiger partial charge >= 0.3 is 0 Å². The van der Waals surface area contributed by atoms with E-state index in [1.165, 1.54) is 4.88 Å². The normalized spacial score (nSPS) is 11.1. The Morgan fingerprint density at radius 1 is 1.39 bits per heavy atom. The van der Waals surface area contributed by atoms with Crippen LogP contribution in [0.5, 0.6) is 0 Å². The number of nitrogens with zero attached hydrogens (tertiary/aromatic N) is 2. The minimum Gasteiger partial charge on any atom is -0.380 e. The van der Waals surface area contributed by atoms with Gasteiger partial charge in [0.05, 0.1) is 12.0 Å². The van der Waals surface area contributed by atoms with Gasteiger partial charge in [0.15, 0.2) is 0 Å². The number of ether oxygens (including phenoxy) is 1. The molecule has 0 saturated heterocycles. The fraction of sp³-hybridized carbons (Fsp3) is 0.500. The van der Waals surface area contributed by atoms with Crippen molar-refractivity contribution in [3.05, 3.63) is 16.2 Å². The second-order valence-electron chi connectivity index (χ2n) is 3.75. The van der Waals surface area contributed by atoms with Gasteiger partial charge in [0, 0.05) is 18.0 Å². The highest BCUT2D eigenvalue weighted by molar-refractivity contribution is 7.18. The highest BCUT2D eigenvalue weighted by Crippen LogP contribution is 2.30. The summed E-state index contributed by atoms with van der Waals surface area (Å²) in [7, 11) is 0. The van der Waals surface area contributed by atoms with Crippen molar-refractivity contribution in [3.8, 4) is 0 Å². The second-order valence-corrected chi connectivity index (χ2v) is 5.20. The lowest BCUT2D eigenvalue weighted by molar-refractivity contribution is 0.158. The smallest absolute Gasteiger partial charge is 0.225 e. The fourth-order valence-electron chi connectivity index (χ4n) is 1.64. The molecule has 0 fully saturated rings. The predicted octanol–water partition coefficient (Wildman–Crippen LogP) is 3.36. The van der Waals surface area contributed by atoms with Crippen molar-refractivity contribution in [1.29, 1.82) is 0 Å². The number of hydrogen-bond donors (Lipinski definition) is 1. The summed E-state index contributed by atoms with van der Waals surface area (Å²) < 4.78 is 5.29. The van der Waals surface area contributed by atoms with Crippen LogP contribution in [0, 0.1) is 0 Å². The van der Waals surface area contributed by atoms with Crippen molar-refractivity contribution >= 4 is 39.0 Å². The molecule has 0 aliphatic heterocycles. The third-order valence-electron chi connectivity index (χ3n) is 2.51. The van der Waals surface area contributed by atoms with Crippen molar-refractivity contribution < 1.29 is 4.74 Å². The third-order valence-corrected chi connectivity index (χ3v) is 3.85. The Kier molecular flexibility index (Phi) is 4.74. The highest BCUT2D eigenvalue weighted by atomic mass is 35.5. The van der Waals surface area contributed by atoms with Crippen LogP contribution in [0.25, 0.3) is 10.2 Å². The van der Waals surface area contributed by atoms with E-state index in [9.17, 15) is 0 Å². The van der Waals surface area contributed by atoms with Crippen LogP contribution < -0.4 is 5.32 Å². The zero-order chi connectivity index (χ0) is 13.0. The average molecular weight is 286 g/mol. The van der Waals surface area contributed by atoms with Gasteiger partial charge in [0.25, 0.3) is 0 Å². The molecular formula is C12H16ClN3OS. The van der Waals surface area contributed by atoms with Crippen molar-refractivity contribution in [2.45, 2.75) is 20.3 Å². The van der Waals surface area contributed by atoms with E-state index in [2.05, 4.69) is 28.3 Å². The maximum atomic E-state index is 5.93. The van der Waals surface area contributed by atoms with Crippen LogP contribution in [0.2, 0.25) is 5.28 Å². The second kappa shape index (κ2) is 6.31. The first kappa shape index (κ1) is 13.5. The molecule has 4 nitrogen and oxygen atoms in total. The fourth-order valence-corrected chi connectivity index (χ4v) is 2.83. The number of hydrogen-bond acceptors (Lipinski definition) is 5. The molecule has 0 aliphatic carbocycles. The molecular weight excluding hydrogens is 270 g/mol. The van der Waals surface area contributed by atoms with Gasteiger partial charge < -0.3 is 10.1 Å². The minimum atomic E-state index is 0.283. The number of anilines is 1. The van der Waals surface area contributed by atoms with Crippen LogP contribution >= 0.6 is 22.9 Å². The molecule has 0 aromatic carbocycles. The Balaban J connectivity index is 2.21. The molecule has 0 saturated carbocycles. The molecule has 0 bridgehead atoms. The van der Waals surface area contributed by atoms with E-state index in [1.54, 1.807) is 11.3 Å². The van der Waals surface area contributed by atoms with Gasteiger partial charge in [0.2, 0.25) is 5.28 Å². The van der Waals surface area contributed by atoms with E-state index in [0.29, 0.717) is 13.2 Å². The molecule has 2 heterocycles. The zero-order valence-corrected chi connectivity index (χ0v) is 12.1. The third kappa shape index (κ3) is 3.10. The van der Waals surface area contributed by atoms with Crippen molar-refractivity contribution in [1.82, 2.24) is 9.97 Å². The molecule has 0 unspecified atom stereocenters. The largest absolute Gasteiger partial charge is 0.380 e. The Bertz CT molecular complexity index is 529. The number of thiophene rings is 1. The van der Waals surface area contributed by atoms with Crippen LogP contribution in [0.1, 0.15) is 18.7 Å². The Morgan fingerprint density at radius 3 is 2.94 bits per heavy atom. The molecule has 18 heavy (non-hydrogen) atoms. The standard InChI is InChI=1S/C12H16ClN3OS/c1-3-8-7-9-10(14-5-6-17-4-2)15-12(13)16-11(9)18-8/h7H,3-6H2,1-2H3,(H,14,15,16). The van der Waals surface area contributed by atoms with Gasteiger partial charge in [0.1, 0.15) is 10.6 Å². The van der Waals surface area contributed by atoms with E-state index in [4.69, 9.17) is 16.3 Å². The lowest BCUT2D eigenvalue weighted by atomic mass is 10.3. The first-order chi connectivity index (χ1) is 8.74. The van der Waals surface area contributed by atoms with Crippen LogP contribution in [0.15, 0.2) is 6.07 Å². The van der Waals surface area contributed by atoms with Crippen LogP contribution in [0.3, 0.4) is 0 Å². The quantitative estimate of drug-likeness (QED) is 0.653. The Morgan fingerprint density at radius 2 is 2.22 bits per heavy atom. The number of rotatable bonds is 6. The van der Waals surface area contributed by atoms with E-state index >= 15 is 0 Å². The number of fused-ring (bicyclic) bond motifs is 1. The van der Waals surface area contributed by atoms with E-state index in [0.717, 1.165) is 29.1 Å². The molecule has 2 aromatic rings. The Hall–Kier alpha value is -0.910. The molecule has 1 N–H and O–H groups in total. The van der Waals surface area contributed by atoms with Crippen molar-refractivity contribution in [3.63, 3.8) is 0 Å². The molecule has 0 spiro atoms. The summed E-state index contributed by atoms with van der Waals surface area (Å²) in [6, 6.07) is 2.12. The van der Waals surface area contributed by atoms with E-state index < -0.39 is 0 Å². The highest BCUT2D eigenvalue weighted by Gasteiger charge is 2.10. The summed E-state index contributed by atoms with van der Waals surface area (Å²) in [5, 5.41) is 4.57. The lowest BCUT2D eigenvalue weighted by Crippen LogP contribution is -2.10. The maximum absolute atomic E-state index is 5.93. The topological polar surface area (TPSA) is 47.0 Å². The van der Waals surface area contributed by atoms with Gasteiger partial charge in [-0.15, -0.1) is 11.3 Å². The molecule has 2 rings (SSSR count). The van der Waals surface area contributed by atoms with E-state index in [1.807, 2.05) is 6.92 Å². The molecule has 0 aliphatic rings. The first-order valence-corrected chi connectivity index (χ1v) is 7.21. The Labute approximate surface area is 115 Å². The molecule has 6 heteroatoms. The van der Waals surface area contributed by atoms with Gasteiger partial charge in [-0.1, -0.05) is 6.92 Å². The first-order valence-electron chi connectivity index (χ1n) is 6.02. The van der Waals surface area contributed by atoms with Crippen LogP contribution in [-0.2, 0) is 11.2 Å². The van der Waals surface area contributed by atoms with Gasteiger partial charge in [-0.05, 0) is 31.0 Å². The summed E-state index contributed by atoms with van der Waals surface area (Å²) in [5.41, 5.74) is 0. The van der Waals surface area contributed by atoms with Gasteiger partial charge in [-0.25, -0.2) is 9.97 Å². The summed E-state index contributed by atoms with van der Waals surface area (Å²) in [4.78, 5) is 10.7. The summed E-state index contributed by atoms with van der Waals surface area (Å²) >= 11 is 7.59. The van der Waals surface area contributed by atoms with Crippen LogP contribution in [0.4, 0.5) is 5.82 Å².